The zero-order valence-corrected chi connectivity index (χ0v) is 15.1. The average Bonchev–Trinajstić information content (AvgIpc) is 2.52. The number of piperazine rings is 1. The molecule has 2 rings (SSSR count). The van der Waals surface area contributed by atoms with Crippen molar-refractivity contribution in [1.29, 1.82) is 0 Å². The number of amides is 2. The van der Waals surface area contributed by atoms with Gasteiger partial charge in [-0.25, -0.2) is 14.8 Å². The molecule has 0 saturated carbocycles. The van der Waals surface area contributed by atoms with Gasteiger partial charge in [-0.2, -0.15) is 0 Å². The first-order chi connectivity index (χ1) is 11.4. The normalized spacial score (nSPS) is 17.7. The van der Waals surface area contributed by atoms with E-state index in [1.807, 2.05) is 18.7 Å². The van der Waals surface area contributed by atoms with Crippen molar-refractivity contribution in [2.75, 3.05) is 36.8 Å². The van der Waals surface area contributed by atoms with Crippen molar-refractivity contribution >= 4 is 41.2 Å². The summed E-state index contributed by atoms with van der Waals surface area (Å²) in [5.41, 5.74) is 0. The number of hydrogen-bond acceptors (Lipinski definition) is 6. The van der Waals surface area contributed by atoms with Crippen molar-refractivity contribution in [3.63, 3.8) is 0 Å². The van der Waals surface area contributed by atoms with Gasteiger partial charge in [0, 0.05) is 38.3 Å². The Hall–Kier alpha value is -1.74. The molecule has 0 bridgehead atoms. The standard InChI is InChI=1S/C14H20ClN5O3S/c1-3-16-14(23)20-5-4-19(7-9(20)2)11-6-10(15)17-13(18-11)24-8-12(21)22/h6,9H,3-5,7-8H2,1-2H3,(H,16,23)(H,21,22)/t9-/m1/s1. The van der Waals surface area contributed by atoms with Crippen LogP contribution in [-0.2, 0) is 4.79 Å². The second-order valence-electron chi connectivity index (χ2n) is 5.34. The number of carboxylic acid groups (broad SMARTS) is 1. The molecule has 0 unspecified atom stereocenters. The molecule has 0 radical (unpaired) electrons. The summed E-state index contributed by atoms with van der Waals surface area (Å²) in [6.07, 6.45) is 0. The highest BCUT2D eigenvalue weighted by molar-refractivity contribution is 7.99. The van der Waals surface area contributed by atoms with Gasteiger partial charge in [0.05, 0.1) is 5.75 Å². The quantitative estimate of drug-likeness (QED) is 0.459. The van der Waals surface area contributed by atoms with Crippen molar-refractivity contribution in [2.24, 2.45) is 0 Å². The molecule has 1 aromatic heterocycles. The number of nitrogens with one attached hydrogen (secondary N) is 1. The molecule has 1 aliphatic rings. The molecule has 1 fully saturated rings. The van der Waals surface area contributed by atoms with Gasteiger partial charge in [-0.15, -0.1) is 0 Å². The van der Waals surface area contributed by atoms with Gasteiger partial charge in [0.1, 0.15) is 11.0 Å². The Bertz CT molecular complexity index is 618. The maximum absolute atomic E-state index is 12.0. The molecule has 1 atom stereocenters. The number of halogens is 1. The highest BCUT2D eigenvalue weighted by atomic mass is 35.5. The number of carboxylic acids is 1. The topological polar surface area (TPSA) is 98.7 Å². The van der Waals surface area contributed by atoms with E-state index in [4.69, 9.17) is 16.7 Å². The van der Waals surface area contributed by atoms with Crippen LogP contribution in [0.1, 0.15) is 13.8 Å². The van der Waals surface area contributed by atoms with E-state index in [2.05, 4.69) is 15.3 Å². The first kappa shape index (κ1) is 18.6. The lowest BCUT2D eigenvalue weighted by Crippen LogP contribution is -2.56. The molecule has 0 spiro atoms. The number of nitrogens with zero attached hydrogens (tertiary/aromatic N) is 4. The summed E-state index contributed by atoms with van der Waals surface area (Å²) in [6, 6.07) is 1.61. The van der Waals surface area contributed by atoms with Gasteiger partial charge in [-0.3, -0.25) is 4.79 Å². The van der Waals surface area contributed by atoms with Crippen LogP contribution in [0.2, 0.25) is 5.15 Å². The zero-order valence-electron chi connectivity index (χ0n) is 13.5. The predicted molar refractivity (Wildman–Crippen MR) is 92.9 cm³/mol. The van der Waals surface area contributed by atoms with Gasteiger partial charge in [-0.05, 0) is 13.8 Å². The summed E-state index contributed by atoms with van der Waals surface area (Å²) in [7, 11) is 0. The van der Waals surface area contributed by atoms with E-state index in [0.717, 1.165) is 11.8 Å². The lowest BCUT2D eigenvalue weighted by Gasteiger charge is -2.40. The number of rotatable bonds is 5. The van der Waals surface area contributed by atoms with Gasteiger partial charge in [0.2, 0.25) is 0 Å². The largest absolute Gasteiger partial charge is 0.481 e. The SMILES string of the molecule is CCNC(=O)N1CCN(c2cc(Cl)nc(SCC(=O)O)n2)C[C@H]1C. The van der Waals surface area contributed by atoms with Crippen LogP contribution in [0.25, 0.3) is 0 Å². The minimum atomic E-state index is -0.936. The van der Waals surface area contributed by atoms with Crippen molar-refractivity contribution in [3.05, 3.63) is 11.2 Å². The number of thioether (sulfide) groups is 1. The Morgan fingerprint density at radius 2 is 2.21 bits per heavy atom. The Morgan fingerprint density at radius 3 is 2.83 bits per heavy atom. The molecule has 0 aliphatic carbocycles. The van der Waals surface area contributed by atoms with Gasteiger partial charge in [-0.1, -0.05) is 23.4 Å². The number of urea groups is 1. The fraction of sp³-hybridized carbons (Fsp3) is 0.571. The molecule has 8 nitrogen and oxygen atoms in total. The molecule has 0 aromatic carbocycles. The monoisotopic (exact) mass is 373 g/mol. The van der Waals surface area contributed by atoms with Crippen LogP contribution in [0.15, 0.2) is 11.2 Å². The maximum atomic E-state index is 12.0. The summed E-state index contributed by atoms with van der Waals surface area (Å²) in [5, 5.41) is 12.2. The second-order valence-corrected chi connectivity index (χ2v) is 6.67. The summed E-state index contributed by atoms with van der Waals surface area (Å²) >= 11 is 7.05. The molecule has 2 N–H and O–H groups in total. The van der Waals surface area contributed by atoms with Crippen LogP contribution in [0.4, 0.5) is 10.6 Å². The third-order valence-electron chi connectivity index (χ3n) is 3.53. The molecule has 1 aliphatic heterocycles. The highest BCUT2D eigenvalue weighted by Crippen LogP contribution is 2.24. The first-order valence-electron chi connectivity index (χ1n) is 7.59. The number of carbonyl (C=O) groups is 2. The first-order valence-corrected chi connectivity index (χ1v) is 8.95. The zero-order chi connectivity index (χ0) is 17.7. The number of hydrogen-bond donors (Lipinski definition) is 2. The fourth-order valence-electron chi connectivity index (χ4n) is 2.46. The van der Waals surface area contributed by atoms with Gasteiger partial charge < -0.3 is 20.2 Å². The Morgan fingerprint density at radius 1 is 1.46 bits per heavy atom. The van der Waals surface area contributed by atoms with Crippen molar-refractivity contribution in [3.8, 4) is 0 Å². The molecule has 1 aromatic rings. The molecule has 2 amide bonds. The minimum Gasteiger partial charge on any atom is -0.481 e. The average molecular weight is 374 g/mol. The van der Waals surface area contributed by atoms with E-state index in [1.165, 1.54) is 0 Å². The van der Waals surface area contributed by atoms with E-state index in [1.54, 1.807) is 11.0 Å². The predicted octanol–water partition coefficient (Wildman–Crippen LogP) is 1.55. The van der Waals surface area contributed by atoms with Crippen LogP contribution < -0.4 is 10.2 Å². The molecule has 10 heteroatoms. The maximum Gasteiger partial charge on any atom is 0.317 e. The van der Waals surface area contributed by atoms with Crippen molar-refractivity contribution < 1.29 is 14.7 Å². The molecular formula is C14H20ClN5O3S. The van der Waals surface area contributed by atoms with Crippen LogP contribution in [0.5, 0.6) is 0 Å². The van der Waals surface area contributed by atoms with Crippen molar-refractivity contribution in [2.45, 2.75) is 25.0 Å². The summed E-state index contributed by atoms with van der Waals surface area (Å²) in [6.45, 7) is 6.28. The smallest absolute Gasteiger partial charge is 0.317 e. The van der Waals surface area contributed by atoms with Gasteiger partial charge >= 0.3 is 12.0 Å². The summed E-state index contributed by atoms with van der Waals surface area (Å²) in [4.78, 5) is 34.9. The van der Waals surface area contributed by atoms with Gasteiger partial charge in [0.25, 0.3) is 0 Å². The number of aliphatic carboxylic acids is 1. The fourth-order valence-corrected chi connectivity index (χ4v) is 3.26. The number of aromatic nitrogens is 2. The third kappa shape index (κ3) is 4.88. The van der Waals surface area contributed by atoms with Crippen LogP contribution in [-0.4, -0.2) is 69.9 Å². The molecular weight excluding hydrogens is 354 g/mol. The highest BCUT2D eigenvalue weighted by Gasteiger charge is 2.28. The van der Waals surface area contributed by atoms with E-state index in [0.29, 0.717) is 37.2 Å². The molecule has 24 heavy (non-hydrogen) atoms. The number of carbonyl (C=O) groups excluding carboxylic acids is 1. The van der Waals surface area contributed by atoms with E-state index < -0.39 is 5.97 Å². The van der Waals surface area contributed by atoms with E-state index in [9.17, 15) is 9.59 Å². The van der Waals surface area contributed by atoms with Crippen LogP contribution in [0.3, 0.4) is 0 Å². The lowest BCUT2D eigenvalue weighted by atomic mass is 10.2. The molecule has 132 valence electrons. The van der Waals surface area contributed by atoms with E-state index >= 15 is 0 Å². The summed E-state index contributed by atoms with van der Waals surface area (Å²) in [5.74, 6) is -0.416. The van der Waals surface area contributed by atoms with E-state index in [-0.39, 0.29) is 23.0 Å². The molecule has 2 heterocycles. The van der Waals surface area contributed by atoms with Crippen molar-refractivity contribution in [1.82, 2.24) is 20.2 Å². The Labute approximate surface area is 149 Å². The number of anilines is 1. The minimum absolute atomic E-state index is 0.0224. The Balaban J connectivity index is 2.07. The van der Waals surface area contributed by atoms with Gasteiger partial charge in [0.15, 0.2) is 5.16 Å². The van der Waals surface area contributed by atoms with Crippen LogP contribution >= 0.6 is 23.4 Å². The van der Waals surface area contributed by atoms with Crippen LogP contribution in [0, 0.1) is 0 Å². The lowest BCUT2D eigenvalue weighted by molar-refractivity contribution is -0.133. The molecule has 1 saturated heterocycles. The summed E-state index contributed by atoms with van der Waals surface area (Å²) < 4.78 is 0. The Kier molecular flexibility index (Phi) is 6.50. The third-order valence-corrected chi connectivity index (χ3v) is 4.55. The second kappa shape index (κ2) is 8.39.